The van der Waals surface area contributed by atoms with Crippen molar-refractivity contribution < 1.29 is 9.90 Å². The van der Waals surface area contributed by atoms with Gasteiger partial charge in [-0.25, -0.2) is 4.79 Å². The van der Waals surface area contributed by atoms with Crippen LogP contribution in [0.4, 0.5) is 0 Å². The van der Waals surface area contributed by atoms with Crippen LogP contribution in [-0.2, 0) is 6.54 Å². The molecule has 0 aliphatic carbocycles. The van der Waals surface area contributed by atoms with E-state index < -0.39 is 5.97 Å². The van der Waals surface area contributed by atoms with Crippen molar-refractivity contribution in [2.45, 2.75) is 6.54 Å². The minimum Gasteiger partial charge on any atom is -0.477 e. The second-order valence-electron chi connectivity index (χ2n) is 4.49. The molecular weight excluding hydrogens is 296 g/mol. The summed E-state index contributed by atoms with van der Waals surface area (Å²) in [5, 5.41) is 10.2. The van der Waals surface area contributed by atoms with Gasteiger partial charge in [0.25, 0.3) is 0 Å². The number of halogens is 1. The van der Waals surface area contributed by atoms with E-state index in [4.69, 9.17) is 0 Å². The third-order valence-corrected chi connectivity index (χ3v) is 3.35. The molecule has 0 aliphatic rings. The monoisotopic (exact) mass is 310 g/mol. The van der Waals surface area contributed by atoms with Gasteiger partial charge in [-0.3, -0.25) is 0 Å². The number of carbonyl (C=O) groups is 1. The number of likely N-dealkylation sites (N-methyl/N-ethyl adjacent to an activating group) is 1. The van der Waals surface area contributed by atoms with E-state index in [1.54, 1.807) is 6.07 Å². The Bertz CT molecular complexity index is 590. The quantitative estimate of drug-likeness (QED) is 0.944. The molecule has 18 heavy (non-hydrogen) atoms. The molecule has 1 heterocycles. The van der Waals surface area contributed by atoms with Crippen LogP contribution < -0.4 is 0 Å². The highest BCUT2D eigenvalue weighted by Crippen LogP contribution is 2.24. The number of carboxylic acids is 1. The second-order valence-corrected chi connectivity index (χ2v) is 5.41. The predicted molar refractivity (Wildman–Crippen MR) is 75.2 cm³/mol. The average Bonchev–Trinajstić information content (AvgIpc) is 2.64. The van der Waals surface area contributed by atoms with E-state index in [0.29, 0.717) is 12.2 Å². The first-order chi connectivity index (χ1) is 8.49. The van der Waals surface area contributed by atoms with Crippen LogP contribution in [0.1, 0.15) is 10.5 Å². The molecule has 96 valence electrons. The molecule has 0 saturated carbocycles. The van der Waals surface area contributed by atoms with E-state index in [9.17, 15) is 9.90 Å². The first-order valence-electron chi connectivity index (χ1n) is 5.66. The fourth-order valence-corrected chi connectivity index (χ4v) is 2.29. The molecule has 0 saturated heterocycles. The van der Waals surface area contributed by atoms with Crippen LogP contribution in [0.5, 0.6) is 0 Å². The van der Waals surface area contributed by atoms with Gasteiger partial charge in [-0.05, 0) is 32.3 Å². The third kappa shape index (κ3) is 2.57. The molecule has 1 N–H and O–H groups in total. The van der Waals surface area contributed by atoms with Crippen LogP contribution in [0.2, 0.25) is 0 Å². The Balaban J connectivity index is 2.53. The van der Waals surface area contributed by atoms with Gasteiger partial charge in [0.1, 0.15) is 5.69 Å². The lowest BCUT2D eigenvalue weighted by atomic mass is 10.2. The average molecular weight is 311 g/mol. The van der Waals surface area contributed by atoms with Gasteiger partial charge in [0, 0.05) is 28.5 Å². The molecule has 0 fully saturated rings. The van der Waals surface area contributed by atoms with Gasteiger partial charge in [-0.15, -0.1) is 0 Å². The molecule has 5 heteroatoms. The SMILES string of the molecule is CN(C)CCn1c(C(=O)O)cc2ccc(Br)cc21. The Labute approximate surface area is 114 Å². The molecule has 0 unspecified atom stereocenters. The predicted octanol–water partition coefficient (Wildman–Crippen LogP) is 2.66. The summed E-state index contributed by atoms with van der Waals surface area (Å²) in [6.07, 6.45) is 0. The number of hydrogen-bond acceptors (Lipinski definition) is 2. The van der Waals surface area contributed by atoms with Gasteiger partial charge in [0.15, 0.2) is 0 Å². The fraction of sp³-hybridized carbons (Fsp3) is 0.308. The summed E-state index contributed by atoms with van der Waals surface area (Å²) in [5.74, 6) is -0.888. The van der Waals surface area contributed by atoms with Crippen LogP contribution in [0.15, 0.2) is 28.7 Å². The van der Waals surface area contributed by atoms with Crippen LogP contribution in [0.25, 0.3) is 10.9 Å². The lowest BCUT2D eigenvalue weighted by Gasteiger charge is -2.13. The molecule has 4 nitrogen and oxygen atoms in total. The summed E-state index contributed by atoms with van der Waals surface area (Å²) >= 11 is 3.42. The van der Waals surface area contributed by atoms with E-state index in [0.717, 1.165) is 21.9 Å². The fourth-order valence-electron chi connectivity index (χ4n) is 1.95. The van der Waals surface area contributed by atoms with Crippen molar-refractivity contribution in [2.75, 3.05) is 20.6 Å². The first-order valence-corrected chi connectivity index (χ1v) is 6.45. The molecule has 2 rings (SSSR count). The molecule has 1 aromatic heterocycles. The zero-order valence-corrected chi connectivity index (χ0v) is 11.9. The number of nitrogens with zero attached hydrogens (tertiary/aromatic N) is 2. The molecule has 0 spiro atoms. The maximum atomic E-state index is 11.3. The molecule has 0 amide bonds. The normalized spacial score (nSPS) is 11.3. The van der Waals surface area contributed by atoms with E-state index >= 15 is 0 Å². The van der Waals surface area contributed by atoms with Crippen molar-refractivity contribution in [1.82, 2.24) is 9.47 Å². The molecule has 2 aromatic rings. The highest BCUT2D eigenvalue weighted by Gasteiger charge is 2.14. The van der Waals surface area contributed by atoms with Crippen LogP contribution in [0, 0.1) is 0 Å². The Morgan fingerprint density at radius 1 is 1.39 bits per heavy atom. The van der Waals surface area contributed by atoms with Crippen LogP contribution in [-0.4, -0.2) is 41.2 Å². The number of aromatic carboxylic acids is 1. The molecule has 0 atom stereocenters. The van der Waals surface area contributed by atoms with E-state index in [1.807, 2.05) is 41.8 Å². The van der Waals surface area contributed by atoms with Crippen molar-refractivity contribution in [1.29, 1.82) is 0 Å². The van der Waals surface area contributed by atoms with Crippen LogP contribution in [0.3, 0.4) is 0 Å². The first kappa shape index (κ1) is 13.1. The molecular formula is C13H15BrN2O2. The summed E-state index contributed by atoms with van der Waals surface area (Å²) in [7, 11) is 3.95. The lowest BCUT2D eigenvalue weighted by molar-refractivity contribution is 0.0685. The van der Waals surface area contributed by atoms with Gasteiger partial charge in [-0.2, -0.15) is 0 Å². The Morgan fingerprint density at radius 2 is 2.11 bits per heavy atom. The van der Waals surface area contributed by atoms with E-state index in [-0.39, 0.29) is 0 Å². The minimum atomic E-state index is -0.888. The lowest BCUT2D eigenvalue weighted by Crippen LogP contribution is -2.20. The number of aromatic nitrogens is 1. The van der Waals surface area contributed by atoms with Gasteiger partial charge in [0.2, 0.25) is 0 Å². The third-order valence-electron chi connectivity index (χ3n) is 2.86. The van der Waals surface area contributed by atoms with E-state index in [2.05, 4.69) is 15.9 Å². The van der Waals surface area contributed by atoms with Gasteiger partial charge in [-0.1, -0.05) is 22.0 Å². The standard InChI is InChI=1S/C13H15BrN2O2/c1-15(2)5-6-16-11-8-10(14)4-3-9(11)7-12(16)13(17)18/h3-4,7-8H,5-6H2,1-2H3,(H,17,18). The number of carboxylic acid groups (broad SMARTS) is 1. The number of hydrogen-bond donors (Lipinski definition) is 1. The van der Waals surface area contributed by atoms with Crippen molar-refractivity contribution in [2.24, 2.45) is 0 Å². The Hall–Kier alpha value is -1.33. The maximum Gasteiger partial charge on any atom is 0.352 e. The Morgan fingerprint density at radius 3 is 2.72 bits per heavy atom. The van der Waals surface area contributed by atoms with Crippen molar-refractivity contribution in [3.8, 4) is 0 Å². The summed E-state index contributed by atoms with van der Waals surface area (Å²) in [6.45, 7) is 1.46. The van der Waals surface area contributed by atoms with Crippen molar-refractivity contribution in [3.05, 3.63) is 34.4 Å². The summed E-state index contributed by atoms with van der Waals surface area (Å²) < 4.78 is 2.80. The highest BCUT2D eigenvalue weighted by atomic mass is 79.9. The van der Waals surface area contributed by atoms with Gasteiger partial charge in [0.05, 0.1) is 0 Å². The number of rotatable bonds is 4. The molecule has 1 aromatic carbocycles. The summed E-state index contributed by atoms with van der Waals surface area (Å²) in [6, 6.07) is 7.53. The minimum absolute atomic E-state index is 0.338. The summed E-state index contributed by atoms with van der Waals surface area (Å²) in [4.78, 5) is 13.3. The molecule has 0 radical (unpaired) electrons. The topological polar surface area (TPSA) is 45.5 Å². The van der Waals surface area contributed by atoms with E-state index in [1.165, 1.54) is 0 Å². The highest BCUT2D eigenvalue weighted by molar-refractivity contribution is 9.10. The molecule has 0 aliphatic heterocycles. The smallest absolute Gasteiger partial charge is 0.352 e. The van der Waals surface area contributed by atoms with Crippen molar-refractivity contribution >= 4 is 32.8 Å². The number of fused-ring (bicyclic) bond motifs is 1. The molecule has 0 bridgehead atoms. The van der Waals surface area contributed by atoms with Crippen molar-refractivity contribution in [3.63, 3.8) is 0 Å². The van der Waals surface area contributed by atoms with Gasteiger partial charge < -0.3 is 14.6 Å². The van der Waals surface area contributed by atoms with Crippen LogP contribution >= 0.6 is 15.9 Å². The largest absolute Gasteiger partial charge is 0.477 e. The summed E-state index contributed by atoms with van der Waals surface area (Å²) in [5.41, 5.74) is 1.29. The number of benzene rings is 1. The second kappa shape index (κ2) is 5.12. The van der Waals surface area contributed by atoms with Gasteiger partial charge >= 0.3 is 5.97 Å². The Kier molecular flexibility index (Phi) is 3.73. The zero-order chi connectivity index (χ0) is 13.3. The maximum absolute atomic E-state index is 11.3. The zero-order valence-electron chi connectivity index (χ0n) is 10.4.